The zero-order valence-electron chi connectivity index (χ0n) is 17.4. The lowest BCUT2D eigenvalue weighted by molar-refractivity contribution is -0.119. The summed E-state index contributed by atoms with van der Waals surface area (Å²) in [6, 6.07) is 6.10. The first-order chi connectivity index (χ1) is 14.0. The van der Waals surface area contributed by atoms with E-state index in [0.29, 0.717) is 13.0 Å². The molecule has 0 radical (unpaired) electrons. The van der Waals surface area contributed by atoms with Gasteiger partial charge in [-0.05, 0) is 44.4 Å². The zero-order chi connectivity index (χ0) is 20.4. The summed E-state index contributed by atoms with van der Waals surface area (Å²) in [4.78, 5) is 23.1. The fourth-order valence-electron chi connectivity index (χ4n) is 4.45. The van der Waals surface area contributed by atoms with Gasteiger partial charge in [0.1, 0.15) is 0 Å². The SMILES string of the molecule is CN=C(NCc1ccc(-n2nc(C)cc2C)nc1)N1CCCC2(CNC(=O)C2)C1. The van der Waals surface area contributed by atoms with E-state index in [1.54, 1.807) is 0 Å². The van der Waals surface area contributed by atoms with E-state index >= 15 is 0 Å². The number of aryl methyl sites for hydroxylation is 2. The van der Waals surface area contributed by atoms with Crippen molar-refractivity contribution < 1.29 is 4.79 Å². The molecule has 2 N–H and O–H groups in total. The molecule has 154 valence electrons. The molecule has 1 spiro atoms. The van der Waals surface area contributed by atoms with E-state index in [-0.39, 0.29) is 11.3 Å². The minimum Gasteiger partial charge on any atom is -0.355 e. The van der Waals surface area contributed by atoms with Crippen molar-refractivity contribution >= 4 is 11.9 Å². The van der Waals surface area contributed by atoms with Gasteiger partial charge in [0.15, 0.2) is 11.8 Å². The second-order valence-electron chi connectivity index (χ2n) is 8.24. The van der Waals surface area contributed by atoms with Crippen LogP contribution in [-0.2, 0) is 11.3 Å². The monoisotopic (exact) mass is 395 g/mol. The molecular weight excluding hydrogens is 366 g/mol. The Morgan fingerprint density at radius 2 is 2.24 bits per heavy atom. The highest BCUT2D eigenvalue weighted by atomic mass is 16.1. The van der Waals surface area contributed by atoms with Crippen LogP contribution in [0.25, 0.3) is 5.82 Å². The highest BCUT2D eigenvalue weighted by Gasteiger charge is 2.42. The maximum Gasteiger partial charge on any atom is 0.220 e. The summed E-state index contributed by atoms with van der Waals surface area (Å²) in [6.07, 6.45) is 4.67. The van der Waals surface area contributed by atoms with Gasteiger partial charge in [0.05, 0.1) is 5.69 Å². The van der Waals surface area contributed by atoms with Gasteiger partial charge in [-0.3, -0.25) is 9.79 Å². The van der Waals surface area contributed by atoms with E-state index in [9.17, 15) is 4.79 Å². The maximum atomic E-state index is 11.7. The number of aromatic nitrogens is 3. The first-order valence-electron chi connectivity index (χ1n) is 10.2. The summed E-state index contributed by atoms with van der Waals surface area (Å²) >= 11 is 0. The lowest BCUT2D eigenvalue weighted by Crippen LogP contribution is -2.51. The molecular formula is C21H29N7O. The number of nitrogens with zero attached hydrogens (tertiary/aromatic N) is 5. The molecule has 0 aliphatic carbocycles. The molecule has 2 aliphatic rings. The number of carbonyl (C=O) groups excluding carboxylic acids is 1. The minimum absolute atomic E-state index is 0.0515. The topological polar surface area (TPSA) is 87.4 Å². The van der Waals surface area contributed by atoms with Crippen molar-refractivity contribution in [1.82, 2.24) is 30.3 Å². The third kappa shape index (κ3) is 4.11. The third-order valence-electron chi connectivity index (χ3n) is 5.86. The van der Waals surface area contributed by atoms with Gasteiger partial charge in [0, 0.05) is 57.0 Å². The Labute approximate surface area is 171 Å². The van der Waals surface area contributed by atoms with Crippen LogP contribution in [0.1, 0.15) is 36.2 Å². The maximum absolute atomic E-state index is 11.7. The van der Waals surface area contributed by atoms with Crippen molar-refractivity contribution in [3.8, 4) is 5.82 Å². The normalized spacial score (nSPS) is 22.2. The van der Waals surface area contributed by atoms with Crippen LogP contribution in [0.2, 0.25) is 0 Å². The molecule has 1 amide bonds. The smallest absolute Gasteiger partial charge is 0.220 e. The lowest BCUT2D eigenvalue weighted by Gasteiger charge is -2.40. The average molecular weight is 396 g/mol. The van der Waals surface area contributed by atoms with Gasteiger partial charge in [0.25, 0.3) is 0 Å². The van der Waals surface area contributed by atoms with Crippen molar-refractivity contribution in [1.29, 1.82) is 0 Å². The summed E-state index contributed by atoms with van der Waals surface area (Å²) in [5, 5.41) is 10.9. The molecule has 4 rings (SSSR count). The molecule has 8 heteroatoms. The molecule has 2 aromatic rings. The Bertz CT molecular complexity index is 918. The number of guanidine groups is 1. The lowest BCUT2D eigenvalue weighted by atomic mass is 9.79. The molecule has 2 aromatic heterocycles. The van der Waals surface area contributed by atoms with Crippen LogP contribution in [0, 0.1) is 19.3 Å². The molecule has 0 bridgehead atoms. The largest absolute Gasteiger partial charge is 0.355 e. The van der Waals surface area contributed by atoms with E-state index in [2.05, 4.69) is 36.7 Å². The summed E-state index contributed by atoms with van der Waals surface area (Å²) in [5.74, 6) is 1.87. The molecule has 2 fully saturated rings. The molecule has 0 saturated carbocycles. The number of nitrogens with one attached hydrogen (secondary N) is 2. The fraction of sp³-hybridized carbons (Fsp3) is 0.524. The van der Waals surface area contributed by atoms with Crippen molar-refractivity contribution in [3.05, 3.63) is 41.3 Å². The summed E-state index contributed by atoms with van der Waals surface area (Å²) < 4.78 is 1.86. The predicted octanol–water partition coefficient (Wildman–Crippen LogP) is 1.56. The van der Waals surface area contributed by atoms with Crippen LogP contribution in [-0.4, -0.2) is 58.2 Å². The standard InChI is InChI=1S/C21H29N7O/c1-15-9-16(2)28(26-15)18-6-5-17(11-23-18)12-24-20(22-3)27-8-4-7-21(14-27)10-19(29)25-13-21/h5-6,9,11H,4,7-8,10,12-14H2,1-3H3,(H,22,24)(H,25,29). The predicted molar refractivity (Wildman–Crippen MR) is 112 cm³/mol. The Morgan fingerprint density at radius 3 is 2.86 bits per heavy atom. The Balaban J connectivity index is 1.38. The van der Waals surface area contributed by atoms with Crippen LogP contribution in [0.3, 0.4) is 0 Å². The number of hydrogen-bond acceptors (Lipinski definition) is 4. The molecule has 8 nitrogen and oxygen atoms in total. The van der Waals surface area contributed by atoms with Gasteiger partial charge < -0.3 is 15.5 Å². The van der Waals surface area contributed by atoms with Crippen molar-refractivity contribution in [2.75, 3.05) is 26.7 Å². The average Bonchev–Trinajstić information content (AvgIpc) is 3.24. The van der Waals surface area contributed by atoms with Crippen molar-refractivity contribution in [2.24, 2.45) is 10.4 Å². The summed E-state index contributed by atoms with van der Waals surface area (Å²) in [5.41, 5.74) is 3.19. The van der Waals surface area contributed by atoms with Gasteiger partial charge in [-0.1, -0.05) is 6.07 Å². The van der Waals surface area contributed by atoms with E-state index in [1.807, 2.05) is 43.9 Å². The second kappa shape index (κ2) is 7.85. The third-order valence-corrected chi connectivity index (χ3v) is 5.86. The second-order valence-corrected chi connectivity index (χ2v) is 8.24. The van der Waals surface area contributed by atoms with Crippen LogP contribution in [0.4, 0.5) is 0 Å². The molecule has 1 unspecified atom stereocenters. The van der Waals surface area contributed by atoms with E-state index in [0.717, 1.165) is 61.2 Å². The van der Waals surface area contributed by atoms with Gasteiger partial charge in [0.2, 0.25) is 5.91 Å². The first kappa shape index (κ1) is 19.4. The first-order valence-corrected chi connectivity index (χ1v) is 10.2. The highest BCUT2D eigenvalue weighted by Crippen LogP contribution is 2.36. The number of piperidine rings is 1. The summed E-state index contributed by atoms with van der Waals surface area (Å²) in [7, 11) is 1.81. The van der Waals surface area contributed by atoms with Crippen LogP contribution in [0.15, 0.2) is 29.4 Å². The number of hydrogen-bond donors (Lipinski definition) is 2. The summed E-state index contributed by atoms with van der Waals surface area (Å²) in [6.45, 7) is 7.26. The Morgan fingerprint density at radius 1 is 1.38 bits per heavy atom. The molecule has 4 heterocycles. The molecule has 29 heavy (non-hydrogen) atoms. The number of likely N-dealkylation sites (tertiary alicyclic amines) is 1. The van der Waals surface area contributed by atoms with Crippen molar-refractivity contribution in [3.63, 3.8) is 0 Å². The molecule has 2 aliphatic heterocycles. The molecule has 1 atom stereocenters. The highest BCUT2D eigenvalue weighted by molar-refractivity contribution is 5.81. The molecule has 0 aromatic carbocycles. The van der Waals surface area contributed by atoms with Crippen LogP contribution < -0.4 is 10.6 Å². The van der Waals surface area contributed by atoms with Crippen molar-refractivity contribution in [2.45, 2.75) is 39.7 Å². The van der Waals surface area contributed by atoms with Gasteiger partial charge in [-0.25, -0.2) is 9.67 Å². The van der Waals surface area contributed by atoms with E-state index in [4.69, 9.17) is 0 Å². The van der Waals surface area contributed by atoms with Gasteiger partial charge >= 0.3 is 0 Å². The Hall–Kier alpha value is -2.90. The molecule has 2 saturated heterocycles. The minimum atomic E-state index is 0.0515. The van der Waals surface area contributed by atoms with E-state index in [1.165, 1.54) is 0 Å². The number of aliphatic imine (C=N–C) groups is 1. The quantitative estimate of drug-likeness (QED) is 0.608. The fourth-order valence-corrected chi connectivity index (χ4v) is 4.45. The van der Waals surface area contributed by atoms with Crippen LogP contribution >= 0.6 is 0 Å². The number of amides is 1. The zero-order valence-corrected chi connectivity index (χ0v) is 17.4. The number of rotatable bonds is 3. The van der Waals surface area contributed by atoms with Gasteiger partial charge in [-0.15, -0.1) is 0 Å². The van der Waals surface area contributed by atoms with Gasteiger partial charge in [-0.2, -0.15) is 5.10 Å². The van der Waals surface area contributed by atoms with Crippen LogP contribution in [0.5, 0.6) is 0 Å². The number of carbonyl (C=O) groups is 1. The Kier molecular flexibility index (Phi) is 5.25. The number of pyridine rings is 1. The van der Waals surface area contributed by atoms with E-state index < -0.39 is 0 Å².